The van der Waals surface area contributed by atoms with E-state index in [1.165, 1.54) is 26.0 Å². The lowest BCUT2D eigenvalue weighted by molar-refractivity contribution is -0.115. The maximum absolute atomic E-state index is 12.6. The van der Waals surface area contributed by atoms with Gasteiger partial charge in [0.15, 0.2) is 11.5 Å². The highest BCUT2D eigenvalue weighted by Crippen LogP contribution is 2.29. The van der Waals surface area contributed by atoms with Gasteiger partial charge in [-0.05, 0) is 61.5 Å². The van der Waals surface area contributed by atoms with Crippen LogP contribution >= 0.6 is 11.8 Å². The predicted octanol–water partition coefficient (Wildman–Crippen LogP) is 4.17. The molecule has 3 amide bonds. The van der Waals surface area contributed by atoms with E-state index in [1.54, 1.807) is 61.5 Å². The minimum atomic E-state index is -0.609. The summed E-state index contributed by atoms with van der Waals surface area (Å²) in [6.07, 6.45) is 0. The van der Waals surface area contributed by atoms with Gasteiger partial charge in [0.2, 0.25) is 5.91 Å². The average molecular weight is 480 g/mol. The second kappa shape index (κ2) is 11.2. The van der Waals surface area contributed by atoms with Crippen LogP contribution in [0.2, 0.25) is 0 Å². The molecule has 8 nitrogen and oxygen atoms in total. The van der Waals surface area contributed by atoms with Crippen LogP contribution in [0, 0.1) is 0 Å². The fourth-order valence-corrected chi connectivity index (χ4v) is 3.96. The van der Waals surface area contributed by atoms with E-state index >= 15 is 0 Å². The minimum absolute atomic E-state index is 0.252. The third-order valence-electron chi connectivity index (χ3n) is 4.89. The average Bonchev–Trinajstić information content (AvgIpc) is 2.84. The number of benzene rings is 3. The molecule has 34 heavy (non-hydrogen) atoms. The van der Waals surface area contributed by atoms with Gasteiger partial charge in [0.1, 0.15) is 0 Å². The van der Waals surface area contributed by atoms with Gasteiger partial charge >= 0.3 is 0 Å². The molecule has 0 fully saturated rings. The van der Waals surface area contributed by atoms with Crippen molar-refractivity contribution in [2.45, 2.75) is 17.1 Å². The molecule has 1 atom stereocenters. The molecule has 0 heterocycles. The lowest BCUT2D eigenvalue weighted by atomic mass is 10.1. The zero-order valence-corrected chi connectivity index (χ0v) is 19.8. The Labute approximate surface area is 201 Å². The second-order valence-electron chi connectivity index (χ2n) is 7.21. The molecular formula is C25H25N3O5S. The van der Waals surface area contributed by atoms with Crippen molar-refractivity contribution in [1.29, 1.82) is 0 Å². The number of hydrogen-bond acceptors (Lipinski definition) is 6. The molecular weight excluding hydrogens is 454 g/mol. The van der Waals surface area contributed by atoms with Crippen LogP contribution in [0.3, 0.4) is 0 Å². The maximum Gasteiger partial charge on any atom is 0.255 e. The first kappa shape index (κ1) is 24.7. The Hall–Kier alpha value is -3.98. The van der Waals surface area contributed by atoms with Crippen molar-refractivity contribution in [1.82, 2.24) is 0 Å². The Kier molecular flexibility index (Phi) is 8.15. The third-order valence-corrected chi connectivity index (χ3v) is 6.00. The minimum Gasteiger partial charge on any atom is -0.493 e. The van der Waals surface area contributed by atoms with E-state index in [1.807, 2.05) is 12.1 Å². The molecule has 0 bridgehead atoms. The molecule has 0 aliphatic carbocycles. The van der Waals surface area contributed by atoms with Crippen LogP contribution in [0.15, 0.2) is 71.6 Å². The van der Waals surface area contributed by atoms with Gasteiger partial charge < -0.3 is 25.8 Å². The third kappa shape index (κ3) is 6.08. The normalized spacial score (nSPS) is 11.3. The SMILES string of the molecule is COc1ccc(C(=O)Nc2ccc(SC(C)C(=O)Nc3ccccc3C(N)=O)cc2)cc1OC. The summed E-state index contributed by atoms with van der Waals surface area (Å²) in [5.74, 6) is -0.155. The molecule has 0 saturated heterocycles. The van der Waals surface area contributed by atoms with Crippen molar-refractivity contribution in [3.8, 4) is 11.5 Å². The predicted molar refractivity (Wildman–Crippen MR) is 133 cm³/mol. The summed E-state index contributed by atoms with van der Waals surface area (Å²) in [4.78, 5) is 37.6. The van der Waals surface area contributed by atoms with Crippen LogP contribution in [-0.4, -0.2) is 37.2 Å². The molecule has 3 aromatic carbocycles. The van der Waals surface area contributed by atoms with Gasteiger partial charge in [-0.1, -0.05) is 12.1 Å². The van der Waals surface area contributed by atoms with Crippen molar-refractivity contribution in [3.05, 3.63) is 77.9 Å². The Balaban J connectivity index is 1.61. The monoisotopic (exact) mass is 479 g/mol. The second-order valence-corrected chi connectivity index (χ2v) is 8.62. The number of carbonyl (C=O) groups excluding carboxylic acids is 3. The topological polar surface area (TPSA) is 120 Å². The van der Waals surface area contributed by atoms with Crippen molar-refractivity contribution >= 4 is 40.9 Å². The Morgan fingerprint density at radius 1 is 0.882 bits per heavy atom. The van der Waals surface area contributed by atoms with Crippen molar-refractivity contribution in [2.75, 3.05) is 24.9 Å². The number of hydrogen-bond donors (Lipinski definition) is 3. The zero-order chi connectivity index (χ0) is 24.7. The first-order valence-electron chi connectivity index (χ1n) is 10.3. The van der Waals surface area contributed by atoms with Crippen molar-refractivity contribution in [2.24, 2.45) is 5.73 Å². The van der Waals surface area contributed by atoms with E-state index < -0.39 is 11.2 Å². The summed E-state index contributed by atoms with van der Waals surface area (Å²) in [7, 11) is 3.04. The van der Waals surface area contributed by atoms with E-state index in [-0.39, 0.29) is 17.4 Å². The van der Waals surface area contributed by atoms with Crippen molar-refractivity contribution < 1.29 is 23.9 Å². The number of primary amides is 1. The van der Waals surface area contributed by atoms with Gasteiger partial charge in [0.05, 0.1) is 30.7 Å². The van der Waals surface area contributed by atoms with Gasteiger partial charge in [-0.25, -0.2) is 0 Å². The molecule has 1 unspecified atom stereocenters. The van der Waals surface area contributed by atoms with E-state index in [4.69, 9.17) is 15.2 Å². The van der Waals surface area contributed by atoms with E-state index in [2.05, 4.69) is 10.6 Å². The molecule has 3 rings (SSSR count). The largest absolute Gasteiger partial charge is 0.493 e. The number of methoxy groups -OCH3 is 2. The van der Waals surface area contributed by atoms with Crippen LogP contribution in [0.4, 0.5) is 11.4 Å². The number of anilines is 2. The number of nitrogens with two attached hydrogens (primary N) is 1. The number of thioether (sulfide) groups is 1. The van der Waals surface area contributed by atoms with Gasteiger partial charge in [-0.15, -0.1) is 11.8 Å². The Bertz CT molecular complexity index is 1200. The Morgan fingerprint density at radius 3 is 2.21 bits per heavy atom. The fourth-order valence-electron chi connectivity index (χ4n) is 3.10. The highest BCUT2D eigenvalue weighted by atomic mass is 32.2. The quantitative estimate of drug-likeness (QED) is 0.396. The molecule has 0 aromatic heterocycles. The van der Waals surface area contributed by atoms with E-state index in [0.29, 0.717) is 28.4 Å². The molecule has 3 aromatic rings. The van der Waals surface area contributed by atoms with Gasteiger partial charge in [0, 0.05) is 16.1 Å². The number of rotatable bonds is 9. The molecule has 0 radical (unpaired) electrons. The van der Waals surface area contributed by atoms with Gasteiger partial charge in [-0.2, -0.15) is 0 Å². The molecule has 0 aliphatic rings. The Morgan fingerprint density at radius 2 is 1.56 bits per heavy atom. The molecule has 0 spiro atoms. The standard InChI is InChI=1S/C25H25N3O5S/c1-15(24(30)28-20-7-5-4-6-19(20)23(26)29)34-18-11-9-17(10-12-18)27-25(31)16-8-13-21(32-2)22(14-16)33-3/h4-15H,1-3H3,(H2,26,29)(H,27,31)(H,28,30). The van der Waals surface area contributed by atoms with E-state index in [9.17, 15) is 14.4 Å². The molecule has 4 N–H and O–H groups in total. The number of carbonyl (C=O) groups is 3. The summed E-state index contributed by atoms with van der Waals surface area (Å²) in [5.41, 5.74) is 7.03. The summed E-state index contributed by atoms with van der Waals surface area (Å²) < 4.78 is 10.4. The highest BCUT2D eigenvalue weighted by molar-refractivity contribution is 8.00. The van der Waals surface area contributed by atoms with Gasteiger partial charge in [-0.3, -0.25) is 14.4 Å². The fraction of sp³-hybridized carbons (Fsp3) is 0.160. The summed E-state index contributed by atoms with van der Waals surface area (Å²) in [6, 6.07) is 18.7. The van der Waals surface area contributed by atoms with Crippen LogP contribution in [0.25, 0.3) is 0 Å². The molecule has 0 aliphatic heterocycles. The lowest BCUT2D eigenvalue weighted by Gasteiger charge is -2.14. The number of ether oxygens (including phenoxy) is 2. The first-order valence-corrected chi connectivity index (χ1v) is 11.2. The molecule has 9 heteroatoms. The summed E-state index contributed by atoms with van der Waals surface area (Å²) >= 11 is 1.35. The molecule has 176 valence electrons. The molecule has 0 saturated carbocycles. The maximum atomic E-state index is 12.6. The number of nitrogens with one attached hydrogen (secondary N) is 2. The van der Waals surface area contributed by atoms with Crippen LogP contribution in [0.1, 0.15) is 27.6 Å². The van der Waals surface area contributed by atoms with Crippen LogP contribution in [0.5, 0.6) is 11.5 Å². The first-order chi connectivity index (χ1) is 16.3. The zero-order valence-electron chi connectivity index (χ0n) is 19.0. The van der Waals surface area contributed by atoms with E-state index in [0.717, 1.165) is 4.90 Å². The van der Waals surface area contributed by atoms with Gasteiger partial charge in [0.25, 0.3) is 11.8 Å². The van der Waals surface area contributed by atoms with Crippen LogP contribution in [-0.2, 0) is 4.79 Å². The smallest absolute Gasteiger partial charge is 0.255 e. The van der Waals surface area contributed by atoms with Crippen LogP contribution < -0.4 is 25.8 Å². The summed E-state index contributed by atoms with van der Waals surface area (Å²) in [5, 5.41) is 5.14. The number of para-hydroxylation sites is 1. The lowest BCUT2D eigenvalue weighted by Crippen LogP contribution is -2.24. The van der Waals surface area contributed by atoms with Crippen molar-refractivity contribution in [3.63, 3.8) is 0 Å². The number of amides is 3. The summed E-state index contributed by atoms with van der Waals surface area (Å²) in [6.45, 7) is 1.76. The highest BCUT2D eigenvalue weighted by Gasteiger charge is 2.17.